The van der Waals surface area contributed by atoms with Gasteiger partial charge in [0.1, 0.15) is 11.6 Å². The molecule has 41 heavy (non-hydrogen) atoms. The van der Waals surface area contributed by atoms with Crippen LogP contribution in [0.3, 0.4) is 0 Å². The van der Waals surface area contributed by atoms with Gasteiger partial charge in [0.25, 0.3) is 0 Å². The maximum absolute atomic E-state index is 12.9. The Morgan fingerprint density at radius 3 is 2.59 bits per heavy atom. The van der Waals surface area contributed by atoms with Crippen LogP contribution in [0.25, 0.3) is 28.0 Å². The summed E-state index contributed by atoms with van der Waals surface area (Å²) in [5, 5.41) is 23.7. The lowest BCUT2D eigenvalue weighted by molar-refractivity contribution is -0.147. The van der Waals surface area contributed by atoms with Gasteiger partial charge in [0.2, 0.25) is 5.91 Å². The monoisotopic (exact) mass is 556 g/mol. The smallest absolute Gasteiger partial charge is 0.233 e. The van der Waals surface area contributed by atoms with Crippen molar-refractivity contribution in [1.82, 2.24) is 24.5 Å². The fraction of sp³-hybridized carbons (Fsp3) is 0.367. The molecule has 3 aromatic heterocycles. The van der Waals surface area contributed by atoms with E-state index < -0.39 is 18.6 Å². The molecule has 1 aromatic carbocycles. The minimum atomic E-state index is -1.23. The predicted octanol–water partition coefficient (Wildman–Crippen LogP) is 2.48. The summed E-state index contributed by atoms with van der Waals surface area (Å²) in [6.45, 7) is 2.20. The molecule has 1 saturated heterocycles. The number of carbonyl (C=O) groups is 2. The number of rotatable bonds is 7. The number of aromatic nitrogens is 4. The number of fused-ring (bicyclic) bond motifs is 2. The first-order valence-corrected chi connectivity index (χ1v) is 13.7. The summed E-state index contributed by atoms with van der Waals surface area (Å²) in [5.41, 5.74) is 11.2. The molecule has 0 atom stereocenters. The Bertz CT molecular complexity index is 1620. The summed E-state index contributed by atoms with van der Waals surface area (Å²) in [4.78, 5) is 36.3. The van der Waals surface area contributed by atoms with Gasteiger partial charge in [-0.15, -0.1) is 0 Å². The third-order valence-corrected chi connectivity index (χ3v) is 8.31. The number of ether oxygens (including phenoxy) is 1. The number of piperidine rings is 1. The van der Waals surface area contributed by atoms with E-state index in [-0.39, 0.29) is 17.6 Å². The molecule has 0 unspecified atom stereocenters. The highest BCUT2D eigenvalue weighted by Crippen LogP contribution is 2.35. The molecule has 4 N–H and O–H groups in total. The van der Waals surface area contributed by atoms with Crippen molar-refractivity contribution in [3.8, 4) is 28.1 Å². The Kier molecular flexibility index (Phi) is 6.92. The van der Waals surface area contributed by atoms with Gasteiger partial charge in [-0.25, -0.2) is 4.98 Å². The van der Waals surface area contributed by atoms with Gasteiger partial charge in [0, 0.05) is 48.3 Å². The number of benzene rings is 1. The number of nitrogen functional groups attached to an aromatic ring is 1. The first kappa shape index (κ1) is 26.9. The third-order valence-electron chi connectivity index (χ3n) is 8.31. The molecule has 1 amide bonds. The van der Waals surface area contributed by atoms with Gasteiger partial charge in [-0.3, -0.25) is 14.6 Å². The zero-order chi connectivity index (χ0) is 28.7. The quantitative estimate of drug-likeness (QED) is 0.291. The van der Waals surface area contributed by atoms with Crippen LogP contribution < -0.4 is 10.5 Å². The lowest BCUT2D eigenvalue weighted by Gasteiger charge is -2.37. The fourth-order valence-electron chi connectivity index (χ4n) is 5.67. The third kappa shape index (κ3) is 4.60. The average Bonchev–Trinajstić information content (AvgIpc) is 3.67. The molecular weight excluding hydrogens is 524 g/mol. The Hall–Kier alpha value is -4.35. The highest BCUT2D eigenvalue weighted by molar-refractivity contribution is 5.87. The molecule has 0 radical (unpaired) electrons. The van der Waals surface area contributed by atoms with Crippen molar-refractivity contribution in [1.29, 1.82) is 0 Å². The molecule has 2 aliphatic heterocycles. The summed E-state index contributed by atoms with van der Waals surface area (Å²) < 4.78 is 7.09. The summed E-state index contributed by atoms with van der Waals surface area (Å²) in [5.74, 6) is 0.745. The van der Waals surface area contributed by atoms with Gasteiger partial charge in [-0.2, -0.15) is 9.61 Å². The van der Waals surface area contributed by atoms with Crippen LogP contribution in [0, 0.1) is 5.41 Å². The number of aliphatic hydroxyl groups is 2. The van der Waals surface area contributed by atoms with E-state index in [1.165, 1.54) is 10.1 Å². The van der Waals surface area contributed by atoms with Crippen molar-refractivity contribution in [2.24, 2.45) is 5.41 Å². The molecule has 0 bridgehead atoms. The van der Waals surface area contributed by atoms with Crippen molar-refractivity contribution < 1.29 is 24.5 Å². The molecular formula is C30H32N6O5. The van der Waals surface area contributed by atoms with Gasteiger partial charge in [-0.1, -0.05) is 6.07 Å². The molecule has 212 valence electrons. The van der Waals surface area contributed by atoms with Crippen LogP contribution >= 0.6 is 0 Å². The van der Waals surface area contributed by atoms with Crippen molar-refractivity contribution >= 4 is 23.7 Å². The first-order valence-electron chi connectivity index (χ1n) is 13.7. The molecule has 6 rings (SSSR count). The van der Waals surface area contributed by atoms with Gasteiger partial charge in [0.15, 0.2) is 11.9 Å². The van der Waals surface area contributed by atoms with Crippen LogP contribution in [0.4, 0.5) is 5.82 Å². The number of hydrogen-bond donors (Lipinski definition) is 3. The molecule has 4 aromatic rings. The Morgan fingerprint density at radius 2 is 1.90 bits per heavy atom. The predicted molar refractivity (Wildman–Crippen MR) is 151 cm³/mol. The second-order valence-electron chi connectivity index (χ2n) is 11.0. The molecule has 11 nitrogen and oxygen atoms in total. The zero-order valence-corrected chi connectivity index (χ0v) is 22.8. The molecule has 11 heteroatoms. The molecule has 0 saturated carbocycles. The normalized spacial score (nSPS) is 15.6. The van der Waals surface area contributed by atoms with E-state index >= 15 is 0 Å². The number of nitrogens with two attached hydrogens (primary N) is 1. The molecule has 1 fully saturated rings. The Labute approximate surface area is 236 Å². The SMILES string of the molecule is CC(CO)(CO)C(=O)N1CCC(c2nc3c(-c4ccc(-c5ccc6c(c5)CCO6)nc4)cnn3c(N)c2C=O)CC1. The van der Waals surface area contributed by atoms with E-state index in [1.54, 1.807) is 24.2 Å². The summed E-state index contributed by atoms with van der Waals surface area (Å²) in [7, 11) is 0. The molecule has 0 spiro atoms. The number of likely N-dealkylation sites (tertiary alicyclic amines) is 1. The summed E-state index contributed by atoms with van der Waals surface area (Å²) in [6, 6.07) is 10.0. The Balaban J connectivity index is 1.29. The highest BCUT2D eigenvalue weighted by atomic mass is 16.5. The standard InChI is InChI=1S/C30H32N6O5/c1-30(16-38,17-39)29(40)35-9-6-18(7-10-35)26-23(15-37)27(31)36-28(34-26)22(14-33-36)21-2-4-24(32-13-21)19-3-5-25-20(12-19)8-11-41-25/h2-5,12-15,18,38-39H,6-11,16-17,31H2,1H3. The zero-order valence-electron chi connectivity index (χ0n) is 22.8. The number of hydrogen-bond acceptors (Lipinski definition) is 9. The van der Waals surface area contributed by atoms with E-state index in [1.807, 2.05) is 24.3 Å². The van der Waals surface area contributed by atoms with Crippen molar-refractivity contribution in [3.05, 3.63) is 59.5 Å². The second-order valence-corrected chi connectivity index (χ2v) is 11.0. The summed E-state index contributed by atoms with van der Waals surface area (Å²) in [6.07, 6.45) is 6.18. The average molecular weight is 557 g/mol. The van der Waals surface area contributed by atoms with Crippen LogP contribution in [0.15, 0.2) is 42.7 Å². The van der Waals surface area contributed by atoms with E-state index in [0.717, 1.165) is 34.6 Å². The van der Waals surface area contributed by atoms with Gasteiger partial charge >= 0.3 is 0 Å². The van der Waals surface area contributed by atoms with Crippen LogP contribution in [0.1, 0.15) is 47.3 Å². The van der Waals surface area contributed by atoms with E-state index in [4.69, 9.17) is 20.4 Å². The van der Waals surface area contributed by atoms with Gasteiger partial charge in [-0.05, 0) is 49.6 Å². The number of aldehydes is 1. The molecule has 0 aliphatic carbocycles. The van der Waals surface area contributed by atoms with Gasteiger partial charge < -0.3 is 25.6 Å². The van der Waals surface area contributed by atoms with Crippen molar-refractivity contribution in [2.45, 2.75) is 32.1 Å². The van der Waals surface area contributed by atoms with Gasteiger partial charge in [0.05, 0.1) is 48.4 Å². The lowest BCUT2D eigenvalue weighted by atomic mass is 9.87. The van der Waals surface area contributed by atoms with E-state index in [9.17, 15) is 19.8 Å². The number of pyridine rings is 1. The Morgan fingerprint density at radius 1 is 1.15 bits per heavy atom. The van der Waals surface area contributed by atoms with E-state index in [2.05, 4.69) is 11.2 Å². The van der Waals surface area contributed by atoms with E-state index in [0.29, 0.717) is 55.7 Å². The fourth-order valence-corrected chi connectivity index (χ4v) is 5.67. The van der Waals surface area contributed by atoms with Crippen LogP contribution in [0.5, 0.6) is 5.75 Å². The topological polar surface area (TPSA) is 156 Å². The minimum absolute atomic E-state index is 0.104. The largest absolute Gasteiger partial charge is 0.493 e. The summed E-state index contributed by atoms with van der Waals surface area (Å²) >= 11 is 0. The minimum Gasteiger partial charge on any atom is -0.493 e. The second kappa shape index (κ2) is 10.6. The number of anilines is 1. The van der Waals surface area contributed by atoms with Crippen molar-refractivity contribution in [2.75, 3.05) is 38.6 Å². The maximum Gasteiger partial charge on any atom is 0.233 e. The maximum atomic E-state index is 12.9. The number of amides is 1. The first-order chi connectivity index (χ1) is 19.9. The molecule has 5 heterocycles. The van der Waals surface area contributed by atoms with Crippen molar-refractivity contribution in [3.63, 3.8) is 0 Å². The van der Waals surface area contributed by atoms with Crippen LogP contribution in [-0.4, -0.2) is 79.8 Å². The number of aliphatic hydroxyl groups excluding tert-OH is 2. The number of nitrogens with zero attached hydrogens (tertiary/aromatic N) is 5. The lowest BCUT2D eigenvalue weighted by Crippen LogP contribution is -2.49. The van der Waals surface area contributed by atoms with Crippen LogP contribution in [-0.2, 0) is 11.2 Å². The highest BCUT2D eigenvalue weighted by Gasteiger charge is 2.38. The number of carbonyl (C=O) groups excluding carboxylic acids is 2. The van der Waals surface area contributed by atoms with Crippen LogP contribution in [0.2, 0.25) is 0 Å². The molecule has 2 aliphatic rings.